The van der Waals surface area contributed by atoms with Gasteiger partial charge in [0.15, 0.2) is 0 Å². The Hall–Kier alpha value is -2.83. The molecule has 1 aliphatic heterocycles. The minimum atomic E-state index is -0.609. The second-order valence-corrected chi connectivity index (χ2v) is 7.91. The Morgan fingerprint density at radius 1 is 1.25 bits per heavy atom. The summed E-state index contributed by atoms with van der Waals surface area (Å²) in [5.41, 5.74) is -0.218. The Balaban J connectivity index is 1.84. The summed E-state index contributed by atoms with van der Waals surface area (Å²) in [7, 11) is 1.52. The number of likely N-dealkylation sites (tertiary alicyclic amines) is 1. The van der Waals surface area contributed by atoms with Gasteiger partial charge in [0, 0.05) is 24.1 Å². The van der Waals surface area contributed by atoms with E-state index in [1.54, 1.807) is 43.9 Å². The number of hydrogen-bond donors (Lipinski definition) is 0. The highest BCUT2D eigenvalue weighted by Crippen LogP contribution is 2.25. The van der Waals surface area contributed by atoms with E-state index in [4.69, 9.17) is 13.9 Å². The van der Waals surface area contributed by atoms with Crippen LogP contribution in [0.25, 0.3) is 11.0 Å². The predicted molar refractivity (Wildman–Crippen MR) is 103 cm³/mol. The van der Waals surface area contributed by atoms with Crippen LogP contribution in [0.4, 0.5) is 0 Å². The number of fused-ring (bicyclic) bond motifs is 1. The molecule has 0 N–H and O–H groups in total. The van der Waals surface area contributed by atoms with Crippen LogP contribution in [0.15, 0.2) is 33.5 Å². The zero-order valence-corrected chi connectivity index (χ0v) is 16.6. The minimum absolute atomic E-state index is 0.00767. The van der Waals surface area contributed by atoms with E-state index in [1.165, 1.54) is 13.2 Å². The van der Waals surface area contributed by atoms with Gasteiger partial charge in [-0.3, -0.25) is 4.79 Å². The molecule has 0 bridgehead atoms. The second kappa shape index (κ2) is 7.66. The first-order chi connectivity index (χ1) is 13.2. The molecule has 7 nitrogen and oxygen atoms in total. The third-order valence-electron chi connectivity index (χ3n) is 4.63. The lowest BCUT2D eigenvalue weighted by atomic mass is 10.1. The molecule has 0 aliphatic carbocycles. The summed E-state index contributed by atoms with van der Waals surface area (Å²) in [6.45, 7) is 5.90. The van der Waals surface area contributed by atoms with Crippen LogP contribution in [0.1, 0.15) is 39.2 Å². The van der Waals surface area contributed by atoms with Gasteiger partial charge >= 0.3 is 11.6 Å². The summed E-state index contributed by atoms with van der Waals surface area (Å²) in [5, 5.41) is 0.668. The van der Waals surface area contributed by atoms with E-state index in [2.05, 4.69) is 0 Å². The maximum atomic E-state index is 12.9. The van der Waals surface area contributed by atoms with Crippen molar-refractivity contribution in [2.24, 2.45) is 0 Å². The molecule has 0 spiro atoms. The van der Waals surface area contributed by atoms with E-state index in [9.17, 15) is 14.4 Å². The zero-order chi connectivity index (χ0) is 20.5. The number of carbonyl (C=O) groups is 2. The van der Waals surface area contributed by atoms with Crippen molar-refractivity contribution >= 4 is 22.8 Å². The van der Waals surface area contributed by atoms with Crippen LogP contribution < -0.4 is 10.4 Å². The Morgan fingerprint density at radius 3 is 2.68 bits per heavy atom. The molecule has 1 unspecified atom stereocenters. The first-order valence-electron chi connectivity index (χ1n) is 9.31. The quantitative estimate of drug-likeness (QED) is 0.592. The fourth-order valence-electron chi connectivity index (χ4n) is 3.43. The topological polar surface area (TPSA) is 86.0 Å². The zero-order valence-electron chi connectivity index (χ0n) is 16.6. The van der Waals surface area contributed by atoms with Crippen molar-refractivity contribution in [2.45, 2.75) is 51.7 Å². The van der Waals surface area contributed by atoms with Crippen molar-refractivity contribution in [3.63, 3.8) is 0 Å². The summed E-state index contributed by atoms with van der Waals surface area (Å²) in [6, 6.07) is 5.86. The Labute approximate surface area is 163 Å². The summed E-state index contributed by atoms with van der Waals surface area (Å²) >= 11 is 0. The van der Waals surface area contributed by atoms with E-state index >= 15 is 0 Å². The average Bonchev–Trinajstić information content (AvgIpc) is 3.09. The Bertz CT molecular complexity index is 956. The maximum Gasteiger partial charge on any atom is 0.336 e. The molecular formula is C21H25NO6. The van der Waals surface area contributed by atoms with Crippen molar-refractivity contribution in [1.82, 2.24) is 4.90 Å². The number of hydrogen-bond acceptors (Lipinski definition) is 6. The number of benzene rings is 1. The largest absolute Gasteiger partial charge is 0.497 e. The molecule has 3 rings (SSSR count). The van der Waals surface area contributed by atoms with Crippen molar-refractivity contribution in [3.8, 4) is 5.75 Å². The first-order valence-corrected chi connectivity index (χ1v) is 9.31. The number of nitrogens with zero attached hydrogens (tertiary/aromatic N) is 1. The van der Waals surface area contributed by atoms with Gasteiger partial charge in [0.05, 0.1) is 13.5 Å². The normalized spacial score (nSPS) is 17.0. The molecule has 1 amide bonds. The lowest BCUT2D eigenvalue weighted by Crippen LogP contribution is -2.44. The van der Waals surface area contributed by atoms with E-state index in [0.717, 1.165) is 6.42 Å². The molecule has 2 aromatic rings. The molecular weight excluding hydrogens is 362 g/mol. The van der Waals surface area contributed by atoms with Crippen LogP contribution in [0, 0.1) is 0 Å². The Kier molecular flexibility index (Phi) is 5.45. The van der Waals surface area contributed by atoms with E-state index in [-0.39, 0.29) is 18.3 Å². The molecule has 1 aromatic carbocycles. The third kappa shape index (κ3) is 4.35. The number of ether oxygens (including phenoxy) is 2. The standard InChI is InChI=1S/C21H25NO6/c1-21(2,3)28-20(25)16-6-5-9-22(16)18(23)10-13-11-19(24)27-17-12-14(26-4)7-8-15(13)17/h7-8,11-12,16H,5-6,9-10H2,1-4H3. The van der Waals surface area contributed by atoms with Gasteiger partial charge in [-0.15, -0.1) is 0 Å². The molecule has 1 aromatic heterocycles. The van der Waals surface area contributed by atoms with Crippen molar-refractivity contribution in [1.29, 1.82) is 0 Å². The van der Waals surface area contributed by atoms with E-state index < -0.39 is 17.3 Å². The lowest BCUT2D eigenvalue weighted by molar-refractivity contribution is -0.163. The first kappa shape index (κ1) is 19.9. The smallest absolute Gasteiger partial charge is 0.336 e. The van der Waals surface area contributed by atoms with Crippen LogP contribution in [-0.2, 0) is 20.7 Å². The number of rotatable bonds is 4. The van der Waals surface area contributed by atoms with Gasteiger partial charge in [-0.25, -0.2) is 9.59 Å². The van der Waals surface area contributed by atoms with E-state index in [1.807, 2.05) is 0 Å². The van der Waals surface area contributed by atoms with Crippen molar-refractivity contribution in [3.05, 3.63) is 40.2 Å². The van der Waals surface area contributed by atoms with Crippen LogP contribution in [0.2, 0.25) is 0 Å². The third-order valence-corrected chi connectivity index (χ3v) is 4.63. The van der Waals surface area contributed by atoms with Crippen LogP contribution >= 0.6 is 0 Å². The molecule has 1 aliphatic rings. The number of methoxy groups -OCH3 is 1. The summed E-state index contributed by atoms with van der Waals surface area (Å²) in [5.74, 6) is -0.0414. The Morgan fingerprint density at radius 2 is 2.00 bits per heavy atom. The second-order valence-electron chi connectivity index (χ2n) is 7.91. The maximum absolute atomic E-state index is 12.9. The van der Waals surface area contributed by atoms with Gasteiger partial charge in [0.1, 0.15) is 23.0 Å². The summed E-state index contributed by atoms with van der Waals surface area (Å²) < 4.78 is 15.8. The number of carbonyl (C=O) groups excluding carboxylic acids is 2. The monoisotopic (exact) mass is 387 g/mol. The van der Waals surface area contributed by atoms with Crippen molar-refractivity contribution < 1.29 is 23.5 Å². The number of amides is 1. The SMILES string of the molecule is COc1ccc2c(CC(=O)N3CCCC3C(=O)OC(C)(C)C)cc(=O)oc2c1. The van der Waals surface area contributed by atoms with Gasteiger partial charge in [-0.05, 0) is 51.3 Å². The molecule has 150 valence electrons. The van der Waals surface area contributed by atoms with Gasteiger partial charge < -0.3 is 18.8 Å². The van der Waals surface area contributed by atoms with Gasteiger partial charge in [-0.1, -0.05) is 0 Å². The molecule has 0 radical (unpaired) electrons. The fourth-order valence-corrected chi connectivity index (χ4v) is 3.43. The van der Waals surface area contributed by atoms with Crippen LogP contribution in [0.5, 0.6) is 5.75 Å². The van der Waals surface area contributed by atoms with E-state index in [0.29, 0.717) is 35.2 Å². The average molecular weight is 387 g/mol. The summed E-state index contributed by atoms with van der Waals surface area (Å²) in [6.07, 6.45) is 1.33. The van der Waals surface area contributed by atoms with Gasteiger partial charge in [-0.2, -0.15) is 0 Å². The molecule has 0 saturated carbocycles. The van der Waals surface area contributed by atoms with Gasteiger partial charge in [0.25, 0.3) is 0 Å². The predicted octanol–water partition coefficient (Wildman–Crippen LogP) is 2.68. The minimum Gasteiger partial charge on any atom is -0.497 e. The molecule has 1 saturated heterocycles. The fraction of sp³-hybridized carbons (Fsp3) is 0.476. The molecule has 28 heavy (non-hydrogen) atoms. The molecule has 1 atom stereocenters. The molecule has 7 heteroatoms. The highest BCUT2D eigenvalue weighted by atomic mass is 16.6. The lowest BCUT2D eigenvalue weighted by Gasteiger charge is -2.27. The molecule has 2 heterocycles. The van der Waals surface area contributed by atoms with Crippen molar-refractivity contribution in [2.75, 3.05) is 13.7 Å². The highest BCUT2D eigenvalue weighted by molar-refractivity contribution is 5.90. The van der Waals surface area contributed by atoms with Gasteiger partial charge in [0.2, 0.25) is 5.91 Å². The van der Waals surface area contributed by atoms with Crippen LogP contribution in [0.3, 0.4) is 0 Å². The highest BCUT2D eigenvalue weighted by Gasteiger charge is 2.36. The summed E-state index contributed by atoms with van der Waals surface area (Å²) in [4.78, 5) is 38.9. The molecule has 1 fully saturated rings. The number of esters is 1. The van der Waals surface area contributed by atoms with Crippen LogP contribution in [-0.4, -0.2) is 42.1 Å².